The molecule has 0 aromatic carbocycles. The molecule has 0 aromatic rings. The van der Waals surface area contributed by atoms with Crippen LogP contribution in [0.15, 0.2) is 0 Å². The summed E-state index contributed by atoms with van der Waals surface area (Å²) >= 11 is 4.06. The van der Waals surface area contributed by atoms with Crippen molar-refractivity contribution in [3.8, 4) is 0 Å². The van der Waals surface area contributed by atoms with Crippen LogP contribution in [0.5, 0.6) is 0 Å². The Morgan fingerprint density at radius 1 is 1.33 bits per heavy atom. The molecule has 0 saturated heterocycles. The van der Waals surface area contributed by atoms with E-state index in [1.165, 1.54) is 18.7 Å². The first kappa shape index (κ1) is 9.66. The third-order valence-electron chi connectivity index (χ3n) is 1.06. The van der Waals surface area contributed by atoms with Gasteiger partial charge in [0, 0.05) is 12.2 Å². The molecule has 0 aliphatic carbocycles. The first-order chi connectivity index (χ1) is 4.06. The Bertz CT molecular complexity index is 67.9. The van der Waals surface area contributed by atoms with Gasteiger partial charge in [-0.3, -0.25) is 0 Å². The Labute approximate surface area is 67.2 Å². The third-order valence-corrected chi connectivity index (χ3v) is 2.08. The van der Waals surface area contributed by atoms with E-state index < -0.39 is 0 Å². The largest absolute Gasteiger partial charge is 0.331 e. The number of hydrogen-bond donors (Lipinski definition) is 1. The lowest BCUT2D eigenvalue weighted by atomic mass is 10.4. The number of rotatable bonds is 4. The fourth-order valence-corrected chi connectivity index (χ4v) is 1.25. The summed E-state index contributed by atoms with van der Waals surface area (Å²) in [6.45, 7) is 1.24. The van der Waals surface area contributed by atoms with Crippen molar-refractivity contribution in [3.05, 3.63) is 0 Å². The van der Waals surface area contributed by atoms with Gasteiger partial charge in [-0.05, 0) is 0 Å². The molecule has 0 aliphatic rings. The molecule has 0 rings (SSSR count). The lowest BCUT2D eigenvalue weighted by molar-refractivity contribution is -0.870. The van der Waals surface area contributed by atoms with Crippen molar-refractivity contribution in [1.82, 2.24) is 0 Å². The second kappa shape index (κ2) is 4.47. The molecule has 0 saturated carbocycles. The van der Waals surface area contributed by atoms with Gasteiger partial charge in [-0.25, -0.2) is 0 Å². The predicted molar refractivity (Wildman–Crippen MR) is 49.0 cm³/mol. The molecule has 1 nitrogen and oxygen atoms in total. The van der Waals surface area contributed by atoms with E-state index in [-0.39, 0.29) is 0 Å². The molecule has 0 spiro atoms. The number of thiol groups is 1. The normalized spacial score (nSPS) is 12.0. The highest BCUT2D eigenvalue weighted by atomic mass is 33.1. The molecule has 0 radical (unpaired) electrons. The predicted octanol–water partition coefficient (Wildman–Crippen LogP) is 1.66. The van der Waals surface area contributed by atoms with Gasteiger partial charge in [0.15, 0.2) is 0 Å². The van der Waals surface area contributed by atoms with Crippen LogP contribution in [0.1, 0.15) is 6.42 Å². The SMILES string of the molecule is C[N+](C)(C)CCCSS. The minimum absolute atomic E-state index is 1.06. The van der Waals surface area contributed by atoms with E-state index in [4.69, 9.17) is 0 Å². The smallest absolute Gasteiger partial charge is 0.0788 e. The maximum Gasteiger partial charge on any atom is 0.0788 e. The van der Waals surface area contributed by atoms with Crippen LogP contribution >= 0.6 is 22.5 Å². The zero-order valence-electron chi connectivity index (χ0n) is 6.42. The Morgan fingerprint density at radius 3 is 2.22 bits per heavy atom. The summed E-state index contributed by atoms with van der Waals surface area (Å²) in [7, 11) is 8.26. The van der Waals surface area contributed by atoms with E-state index in [9.17, 15) is 0 Å². The van der Waals surface area contributed by atoms with E-state index in [1.807, 2.05) is 0 Å². The van der Waals surface area contributed by atoms with Crippen LogP contribution in [-0.2, 0) is 0 Å². The van der Waals surface area contributed by atoms with Crippen molar-refractivity contribution >= 4 is 22.5 Å². The Morgan fingerprint density at radius 2 is 1.89 bits per heavy atom. The van der Waals surface area contributed by atoms with E-state index >= 15 is 0 Å². The number of hydrogen-bond acceptors (Lipinski definition) is 2. The number of nitrogens with zero attached hydrogens (tertiary/aromatic N) is 1. The Hall–Kier alpha value is 0.660. The summed E-state index contributed by atoms with van der Waals surface area (Å²) in [5, 5.41) is 0. The molecular formula is C6H16NS2+. The fourth-order valence-electron chi connectivity index (χ4n) is 0.603. The molecule has 0 N–H and O–H groups in total. The second-order valence-electron chi connectivity index (χ2n) is 3.20. The van der Waals surface area contributed by atoms with Gasteiger partial charge in [-0.15, -0.1) is 11.7 Å². The van der Waals surface area contributed by atoms with Crippen molar-refractivity contribution in [3.63, 3.8) is 0 Å². The van der Waals surface area contributed by atoms with E-state index in [0.717, 1.165) is 4.48 Å². The lowest BCUT2D eigenvalue weighted by Gasteiger charge is -2.23. The van der Waals surface area contributed by atoms with Crippen LogP contribution in [0, 0.1) is 0 Å². The van der Waals surface area contributed by atoms with E-state index in [0.29, 0.717) is 0 Å². The minimum atomic E-state index is 1.06. The van der Waals surface area contributed by atoms with Crippen LogP contribution in [-0.4, -0.2) is 37.9 Å². The third kappa shape index (κ3) is 8.66. The van der Waals surface area contributed by atoms with Crippen LogP contribution < -0.4 is 0 Å². The van der Waals surface area contributed by atoms with Crippen LogP contribution in [0.25, 0.3) is 0 Å². The molecule has 9 heavy (non-hydrogen) atoms. The van der Waals surface area contributed by atoms with Crippen molar-refractivity contribution in [2.45, 2.75) is 6.42 Å². The van der Waals surface area contributed by atoms with Crippen LogP contribution in [0.3, 0.4) is 0 Å². The molecule has 0 amide bonds. The van der Waals surface area contributed by atoms with Crippen molar-refractivity contribution in [2.75, 3.05) is 33.4 Å². The minimum Gasteiger partial charge on any atom is -0.331 e. The van der Waals surface area contributed by atoms with E-state index in [1.54, 1.807) is 10.8 Å². The Kier molecular flexibility index (Phi) is 4.80. The van der Waals surface area contributed by atoms with Crippen molar-refractivity contribution < 1.29 is 4.48 Å². The average molecular weight is 166 g/mol. The van der Waals surface area contributed by atoms with Crippen LogP contribution in [0.4, 0.5) is 0 Å². The summed E-state index contributed by atoms with van der Waals surface area (Å²) < 4.78 is 1.06. The van der Waals surface area contributed by atoms with Gasteiger partial charge >= 0.3 is 0 Å². The molecule has 0 bridgehead atoms. The van der Waals surface area contributed by atoms with Gasteiger partial charge in [-0.1, -0.05) is 10.8 Å². The first-order valence-corrected chi connectivity index (χ1v) is 5.17. The van der Waals surface area contributed by atoms with Gasteiger partial charge in [0.2, 0.25) is 0 Å². The highest BCUT2D eigenvalue weighted by Crippen LogP contribution is 2.07. The van der Waals surface area contributed by atoms with Crippen molar-refractivity contribution in [2.24, 2.45) is 0 Å². The molecule has 0 unspecified atom stereocenters. The highest BCUT2D eigenvalue weighted by molar-refractivity contribution is 8.68. The fraction of sp³-hybridized carbons (Fsp3) is 1.00. The molecule has 0 aliphatic heterocycles. The summed E-state index contributed by atoms with van der Waals surface area (Å²) in [5.41, 5.74) is 0. The summed E-state index contributed by atoms with van der Waals surface area (Å²) in [4.78, 5) is 0. The molecule has 0 fully saturated rings. The second-order valence-corrected chi connectivity index (χ2v) is 4.64. The topological polar surface area (TPSA) is 0 Å². The van der Waals surface area contributed by atoms with Gasteiger partial charge in [-0.2, -0.15) is 0 Å². The highest BCUT2D eigenvalue weighted by Gasteiger charge is 2.04. The van der Waals surface area contributed by atoms with Crippen molar-refractivity contribution in [1.29, 1.82) is 0 Å². The van der Waals surface area contributed by atoms with E-state index in [2.05, 4.69) is 32.8 Å². The van der Waals surface area contributed by atoms with Gasteiger partial charge in [0.25, 0.3) is 0 Å². The standard InChI is InChI=1S/C6H15NS2/c1-7(2,3)5-4-6-9-8/h4-6H2,1-3H3/p+1. The van der Waals surface area contributed by atoms with Gasteiger partial charge in [0.05, 0.1) is 27.7 Å². The van der Waals surface area contributed by atoms with Gasteiger partial charge in [0.1, 0.15) is 0 Å². The average Bonchev–Trinajstić information content (AvgIpc) is 1.63. The summed E-state index contributed by atoms with van der Waals surface area (Å²) in [6.07, 6.45) is 1.26. The molecule has 3 heteroatoms. The molecule has 0 heterocycles. The monoisotopic (exact) mass is 166 g/mol. The Balaban J connectivity index is 3.07. The summed E-state index contributed by atoms with van der Waals surface area (Å²) in [6, 6.07) is 0. The maximum absolute atomic E-state index is 4.06. The molecule has 56 valence electrons. The molecular weight excluding hydrogens is 150 g/mol. The lowest BCUT2D eigenvalue weighted by Crippen LogP contribution is -2.35. The molecule has 0 aromatic heterocycles. The summed E-state index contributed by atoms with van der Waals surface area (Å²) in [5.74, 6) is 1.17. The quantitative estimate of drug-likeness (QED) is 0.287. The van der Waals surface area contributed by atoms with Crippen LogP contribution in [0.2, 0.25) is 0 Å². The first-order valence-electron chi connectivity index (χ1n) is 3.13. The maximum atomic E-state index is 4.06. The zero-order chi connectivity index (χ0) is 7.33. The number of quaternary nitrogens is 1. The van der Waals surface area contributed by atoms with Gasteiger partial charge < -0.3 is 4.48 Å². The zero-order valence-corrected chi connectivity index (χ0v) is 8.13. The molecule has 0 atom stereocenters.